The number of H-pyrrole nitrogens is 1. The van der Waals surface area contributed by atoms with Gasteiger partial charge >= 0.3 is 0 Å². The first kappa shape index (κ1) is 14.0. The highest BCUT2D eigenvalue weighted by atomic mass is 32.1. The van der Waals surface area contributed by atoms with Gasteiger partial charge in [-0.25, -0.2) is 4.39 Å². The molecule has 0 aliphatic heterocycles. The predicted octanol–water partition coefficient (Wildman–Crippen LogP) is 4.36. The highest BCUT2D eigenvalue weighted by Crippen LogP contribution is 2.29. The van der Waals surface area contributed by atoms with E-state index >= 15 is 0 Å². The Morgan fingerprint density at radius 2 is 2.05 bits per heavy atom. The van der Waals surface area contributed by atoms with Gasteiger partial charge in [-0.05, 0) is 57.6 Å². The van der Waals surface area contributed by atoms with Gasteiger partial charge in [0.1, 0.15) is 11.6 Å². The minimum Gasteiger partial charge on any atom is -0.361 e. The molecule has 2 heterocycles. The molecule has 0 saturated heterocycles. The molecule has 3 aromatic rings. The molecule has 0 fully saturated rings. The quantitative estimate of drug-likeness (QED) is 0.716. The smallest absolute Gasteiger partial charge is 0.178 e. The summed E-state index contributed by atoms with van der Waals surface area (Å²) >= 11 is 5.41. The summed E-state index contributed by atoms with van der Waals surface area (Å²) in [6.07, 6.45) is 0. The molecule has 4 nitrogen and oxygen atoms in total. The van der Waals surface area contributed by atoms with Gasteiger partial charge in [-0.2, -0.15) is 0 Å². The Bertz CT molecular complexity index is 871. The standard InChI is InChI=1S/C15H16FN3OS/c1-7-5-13-12(6-11(7)16)17-15(21)19(13)9(3)14-8(2)18-20-10(14)4/h5-6,9H,1-4H3,(H,17,21). The van der Waals surface area contributed by atoms with Gasteiger partial charge in [0.25, 0.3) is 0 Å². The second-order valence-corrected chi connectivity index (χ2v) is 5.72. The number of aromatic nitrogens is 3. The van der Waals surface area contributed by atoms with Crippen LogP contribution in [0.25, 0.3) is 11.0 Å². The van der Waals surface area contributed by atoms with Gasteiger partial charge in [0.15, 0.2) is 4.77 Å². The molecule has 6 heteroatoms. The Morgan fingerprint density at radius 1 is 1.33 bits per heavy atom. The number of hydrogen-bond donors (Lipinski definition) is 1. The van der Waals surface area contributed by atoms with Crippen LogP contribution in [0.4, 0.5) is 4.39 Å². The van der Waals surface area contributed by atoms with Crippen molar-refractivity contribution in [2.24, 2.45) is 0 Å². The maximum Gasteiger partial charge on any atom is 0.178 e. The number of hydrogen-bond acceptors (Lipinski definition) is 3. The summed E-state index contributed by atoms with van der Waals surface area (Å²) in [5.41, 5.74) is 4.02. The largest absolute Gasteiger partial charge is 0.361 e. The zero-order valence-electron chi connectivity index (χ0n) is 12.3. The fourth-order valence-electron chi connectivity index (χ4n) is 2.85. The maximum absolute atomic E-state index is 13.7. The van der Waals surface area contributed by atoms with E-state index < -0.39 is 0 Å². The number of imidazole rings is 1. The van der Waals surface area contributed by atoms with Crippen molar-refractivity contribution in [1.82, 2.24) is 14.7 Å². The highest BCUT2D eigenvalue weighted by molar-refractivity contribution is 7.71. The Balaban J connectivity index is 2.27. The zero-order chi connectivity index (χ0) is 15.3. The molecule has 110 valence electrons. The van der Waals surface area contributed by atoms with E-state index in [4.69, 9.17) is 16.7 Å². The summed E-state index contributed by atoms with van der Waals surface area (Å²) in [4.78, 5) is 3.06. The number of aromatic amines is 1. The van der Waals surface area contributed by atoms with Crippen molar-refractivity contribution in [3.63, 3.8) is 0 Å². The number of fused-ring (bicyclic) bond motifs is 1. The number of aryl methyl sites for hydroxylation is 3. The van der Waals surface area contributed by atoms with E-state index in [1.165, 1.54) is 6.07 Å². The van der Waals surface area contributed by atoms with Crippen molar-refractivity contribution < 1.29 is 8.91 Å². The predicted molar refractivity (Wildman–Crippen MR) is 81.6 cm³/mol. The lowest BCUT2D eigenvalue weighted by molar-refractivity contribution is 0.391. The summed E-state index contributed by atoms with van der Waals surface area (Å²) in [5, 5.41) is 4.00. The summed E-state index contributed by atoms with van der Waals surface area (Å²) in [6, 6.07) is 3.25. The molecule has 0 aliphatic rings. The van der Waals surface area contributed by atoms with Crippen LogP contribution in [0.2, 0.25) is 0 Å². The van der Waals surface area contributed by atoms with Crippen LogP contribution >= 0.6 is 12.2 Å². The number of halogens is 1. The molecule has 0 radical (unpaired) electrons. The van der Waals surface area contributed by atoms with E-state index in [9.17, 15) is 4.39 Å². The third-order valence-corrected chi connectivity index (χ3v) is 4.19. The topological polar surface area (TPSA) is 46.8 Å². The van der Waals surface area contributed by atoms with E-state index in [1.807, 2.05) is 31.4 Å². The summed E-state index contributed by atoms with van der Waals surface area (Å²) in [5.74, 6) is 0.533. The second-order valence-electron chi connectivity index (χ2n) is 5.33. The van der Waals surface area contributed by atoms with E-state index in [-0.39, 0.29) is 11.9 Å². The Labute approximate surface area is 126 Å². The normalized spacial score (nSPS) is 13.0. The molecule has 1 N–H and O–H groups in total. The number of nitrogens with zero attached hydrogens (tertiary/aromatic N) is 2. The van der Waals surface area contributed by atoms with Crippen LogP contribution in [0.3, 0.4) is 0 Å². The summed E-state index contributed by atoms with van der Waals surface area (Å²) < 4.78 is 21.5. The van der Waals surface area contributed by atoms with E-state index in [0.29, 0.717) is 15.9 Å². The van der Waals surface area contributed by atoms with Gasteiger partial charge in [-0.3, -0.25) is 0 Å². The molecular formula is C15H16FN3OS. The Morgan fingerprint density at radius 3 is 2.67 bits per heavy atom. The van der Waals surface area contributed by atoms with Gasteiger partial charge in [-0.1, -0.05) is 5.16 Å². The lowest BCUT2D eigenvalue weighted by Gasteiger charge is -2.14. The maximum atomic E-state index is 13.7. The monoisotopic (exact) mass is 305 g/mol. The van der Waals surface area contributed by atoms with Gasteiger partial charge < -0.3 is 14.1 Å². The third kappa shape index (κ3) is 2.10. The lowest BCUT2D eigenvalue weighted by atomic mass is 10.1. The molecule has 0 spiro atoms. The molecule has 0 saturated carbocycles. The van der Waals surface area contributed by atoms with Crippen LogP contribution in [0.1, 0.15) is 35.5 Å². The van der Waals surface area contributed by atoms with E-state index in [2.05, 4.69) is 10.1 Å². The molecule has 1 atom stereocenters. The van der Waals surface area contributed by atoms with Crippen LogP contribution in [0.5, 0.6) is 0 Å². The average molecular weight is 305 g/mol. The zero-order valence-corrected chi connectivity index (χ0v) is 13.1. The second kappa shape index (κ2) is 4.80. The van der Waals surface area contributed by atoms with Crippen molar-refractivity contribution >= 4 is 23.3 Å². The van der Waals surface area contributed by atoms with Gasteiger partial charge in [0, 0.05) is 5.56 Å². The first-order valence-electron chi connectivity index (χ1n) is 6.73. The third-order valence-electron chi connectivity index (χ3n) is 3.89. The molecule has 1 aromatic carbocycles. The molecule has 2 aromatic heterocycles. The average Bonchev–Trinajstić information content (AvgIpc) is 2.89. The van der Waals surface area contributed by atoms with Crippen LogP contribution < -0.4 is 0 Å². The Kier molecular flexibility index (Phi) is 3.20. The molecule has 0 aliphatic carbocycles. The fourth-order valence-corrected chi connectivity index (χ4v) is 3.22. The first-order valence-corrected chi connectivity index (χ1v) is 7.14. The van der Waals surface area contributed by atoms with E-state index in [1.54, 1.807) is 6.92 Å². The Hall–Kier alpha value is -1.95. The van der Waals surface area contributed by atoms with Crippen molar-refractivity contribution in [1.29, 1.82) is 0 Å². The van der Waals surface area contributed by atoms with Gasteiger partial charge in [0.05, 0.1) is 22.8 Å². The molecule has 3 rings (SSSR count). The van der Waals surface area contributed by atoms with Crippen LogP contribution in [-0.4, -0.2) is 14.7 Å². The molecule has 0 bridgehead atoms. The van der Waals surface area contributed by atoms with E-state index in [0.717, 1.165) is 22.5 Å². The molecule has 0 amide bonds. The first-order chi connectivity index (χ1) is 9.90. The molecule has 1 unspecified atom stereocenters. The summed E-state index contributed by atoms with van der Waals surface area (Å²) in [6.45, 7) is 7.57. The van der Waals surface area contributed by atoms with Crippen LogP contribution in [0, 0.1) is 31.4 Å². The lowest BCUT2D eigenvalue weighted by Crippen LogP contribution is -2.08. The highest BCUT2D eigenvalue weighted by Gasteiger charge is 2.21. The minimum absolute atomic E-state index is 0.0395. The van der Waals surface area contributed by atoms with Crippen molar-refractivity contribution in [3.05, 3.63) is 45.3 Å². The van der Waals surface area contributed by atoms with Crippen molar-refractivity contribution in [2.75, 3.05) is 0 Å². The fraction of sp³-hybridized carbons (Fsp3) is 0.333. The summed E-state index contributed by atoms with van der Waals surface area (Å²) in [7, 11) is 0. The van der Waals surface area contributed by atoms with Crippen LogP contribution in [0.15, 0.2) is 16.7 Å². The SMILES string of the molecule is Cc1cc2c(cc1F)[nH]c(=S)n2C(C)c1c(C)noc1C. The van der Waals surface area contributed by atoms with Crippen molar-refractivity contribution in [2.45, 2.75) is 33.7 Å². The number of benzene rings is 1. The number of nitrogens with one attached hydrogen (secondary N) is 1. The van der Waals surface area contributed by atoms with Gasteiger partial charge in [-0.15, -0.1) is 0 Å². The van der Waals surface area contributed by atoms with Gasteiger partial charge in [0.2, 0.25) is 0 Å². The minimum atomic E-state index is -0.240. The molecular weight excluding hydrogens is 289 g/mol. The van der Waals surface area contributed by atoms with Crippen LogP contribution in [-0.2, 0) is 0 Å². The molecule has 21 heavy (non-hydrogen) atoms. The van der Waals surface area contributed by atoms with Crippen molar-refractivity contribution in [3.8, 4) is 0 Å². The number of rotatable bonds is 2.